The minimum atomic E-state index is -3.85. The standard InChI is InChI=1S/C21H25FN2O3S/c1-24(28(26,27)19-11-9-18(22)10-12-19)15-20(25)23-16-21(13-5-6-14-21)17-7-3-2-4-8-17/h2-4,7-12H,5-6,13-16H2,1H3,(H,23,25). The molecule has 1 amide bonds. The van der Waals surface area contributed by atoms with E-state index in [9.17, 15) is 17.6 Å². The van der Waals surface area contributed by atoms with Gasteiger partial charge < -0.3 is 5.32 Å². The smallest absolute Gasteiger partial charge is 0.243 e. The third-order valence-corrected chi connectivity index (χ3v) is 7.28. The Morgan fingerprint density at radius 1 is 1.07 bits per heavy atom. The second-order valence-electron chi connectivity index (χ2n) is 7.35. The van der Waals surface area contributed by atoms with Crippen LogP contribution in [0.5, 0.6) is 0 Å². The van der Waals surface area contributed by atoms with Gasteiger partial charge in [-0.2, -0.15) is 4.31 Å². The van der Waals surface area contributed by atoms with E-state index in [1.165, 1.54) is 24.7 Å². The van der Waals surface area contributed by atoms with Crippen LogP contribution in [0.2, 0.25) is 0 Å². The molecule has 0 atom stereocenters. The molecule has 1 fully saturated rings. The summed E-state index contributed by atoms with van der Waals surface area (Å²) in [5.41, 5.74) is 1.12. The van der Waals surface area contributed by atoms with Crippen LogP contribution in [0.4, 0.5) is 4.39 Å². The van der Waals surface area contributed by atoms with Gasteiger partial charge >= 0.3 is 0 Å². The van der Waals surface area contributed by atoms with Gasteiger partial charge in [0, 0.05) is 19.0 Å². The maximum atomic E-state index is 13.0. The van der Waals surface area contributed by atoms with Crippen molar-refractivity contribution in [3.8, 4) is 0 Å². The minimum absolute atomic E-state index is 0.0410. The average molecular weight is 405 g/mol. The molecular weight excluding hydrogens is 379 g/mol. The quantitative estimate of drug-likeness (QED) is 0.771. The topological polar surface area (TPSA) is 66.5 Å². The first kappa shape index (κ1) is 20.5. The molecule has 0 radical (unpaired) electrons. The summed E-state index contributed by atoms with van der Waals surface area (Å²) >= 11 is 0. The van der Waals surface area contributed by atoms with Crippen molar-refractivity contribution in [1.29, 1.82) is 0 Å². The number of nitrogens with one attached hydrogen (secondary N) is 1. The highest BCUT2D eigenvalue weighted by Crippen LogP contribution is 2.40. The van der Waals surface area contributed by atoms with E-state index in [0.29, 0.717) is 6.54 Å². The van der Waals surface area contributed by atoms with E-state index in [2.05, 4.69) is 17.4 Å². The Kier molecular flexibility index (Phi) is 6.15. The van der Waals surface area contributed by atoms with Crippen LogP contribution in [0, 0.1) is 5.82 Å². The number of likely N-dealkylation sites (N-methyl/N-ethyl adjacent to an activating group) is 1. The molecule has 1 aliphatic rings. The Morgan fingerprint density at radius 2 is 1.68 bits per heavy atom. The molecule has 1 aliphatic carbocycles. The van der Waals surface area contributed by atoms with Gasteiger partial charge in [0.25, 0.3) is 0 Å². The van der Waals surface area contributed by atoms with Crippen LogP contribution in [0.1, 0.15) is 31.2 Å². The number of carbonyl (C=O) groups is 1. The van der Waals surface area contributed by atoms with Crippen LogP contribution in [0.3, 0.4) is 0 Å². The maximum absolute atomic E-state index is 13.0. The monoisotopic (exact) mass is 404 g/mol. The third-order valence-electron chi connectivity index (χ3n) is 5.46. The Morgan fingerprint density at radius 3 is 2.29 bits per heavy atom. The van der Waals surface area contributed by atoms with Gasteiger partial charge in [0.2, 0.25) is 15.9 Å². The van der Waals surface area contributed by atoms with Gasteiger partial charge in [-0.3, -0.25) is 4.79 Å². The lowest BCUT2D eigenvalue weighted by Crippen LogP contribution is -2.44. The molecule has 2 aromatic carbocycles. The molecule has 1 saturated carbocycles. The van der Waals surface area contributed by atoms with Crippen LogP contribution < -0.4 is 5.32 Å². The lowest BCUT2D eigenvalue weighted by molar-refractivity contribution is -0.121. The second kappa shape index (κ2) is 8.41. The van der Waals surface area contributed by atoms with Crippen LogP contribution in [0.25, 0.3) is 0 Å². The molecular formula is C21H25FN2O3S. The largest absolute Gasteiger partial charge is 0.354 e. The highest BCUT2D eigenvalue weighted by molar-refractivity contribution is 7.89. The maximum Gasteiger partial charge on any atom is 0.243 e. The Labute approximate surface area is 165 Å². The molecule has 0 spiro atoms. The van der Waals surface area contributed by atoms with Crippen molar-refractivity contribution in [2.75, 3.05) is 20.1 Å². The van der Waals surface area contributed by atoms with Gasteiger partial charge in [-0.15, -0.1) is 0 Å². The first-order valence-corrected chi connectivity index (χ1v) is 10.8. The lowest BCUT2D eigenvalue weighted by atomic mass is 9.79. The number of rotatable bonds is 7. The van der Waals surface area contributed by atoms with Crippen molar-refractivity contribution in [3.05, 3.63) is 66.0 Å². The van der Waals surface area contributed by atoms with Crippen LogP contribution >= 0.6 is 0 Å². The fourth-order valence-corrected chi connectivity index (χ4v) is 4.94. The summed E-state index contributed by atoms with van der Waals surface area (Å²) in [5, 5.41) is 2.92. The van der Waals surface area contributed by atoms with Gasteiger partial charge in [-0.1, -0.05) is 43.2 Å². The summed E-state index contributed by atoms with van der Waals surface area (Å²) in [6.45, 7) is 0.199. The molecule has 0 saturated heterocycles. The van der Waals surface area contributed by atoms with Gasteiger partial charge in [-0.05, 0) is 42.7 Å². The van der Waals surface area contributed by atoms with Gasteiger partial charge in [0.1, 0.15) is 5.82 Å². The van der Waals surface area contributed by atoms with Crippen LogP contribution in [0.15, 0.2) is 59.5 Å². The number of amides is 1. The molecule has 0 bridgehead atoms. The van der Waals surface area contributed by atoms with Gasteiger partial charge in [0.05, 0.1) is 11.4 Å². The minimum Gasteiger partial charge on any atom is -0.354 e. The molecule has 150 valence electrons. The van der Waals surface area contributed by atoms with Crippen LogP contribution in [-0.4, -0.2) is 38.8 Å². The summed E-state index contributed by atoms with van der Waals surface area (Å²) in [4.78, 5) is 12.4. The zero-order chi connectivity index (χ0) is 20.2. The van der Waals surface area contributed by atoms with Gasteiger partial charge in [-0.25, -0.2) is 12.8 Å². The van der Waals surface area contributed by atoms with E-state index in [1.807, 2.05) is 18.2 Å². The van der Waals surface area contributed by atoms with Crippen molar-refractivity contribution in [2.24, 2.45) is 0 Å². The van der Waals surface area contributed by atoms with Crippen molar-refractivity contribution in [1.82, 2.24) is 9.62 Å². The number of halogens is 1. The summed E-state index contributed by atoms with van der Waals surface area (Å²) in [7, 11) is -2.50. The molecule has 7 heteroatoms. The molecule has 1 N–H and O–H groups in total. The first-order valence-electron chi connectivity index (χ1n) is 9.38. The Balaban J connectivity index is 1.64. The Bertz CT molecular complexity index is 908. The zero-order valence-corrected chi connectivity index (χ0v) is 16.7. The van der Waals surface area contributed by atoms with Crippen molar-refractivity contribution >= 4 is 15.9 Å². The highest BCUT2D eigenvalue weighted by Gasteiger charge is 2.36. The van der Waals surface area contributed by atoms with E-state index in [0.717, 1.165) is 42.1 Å². The summed E-state index contributed by atoms with van der Waals surface area (Å²) < 4.78 is 39.1. The molecule has 0 unspecified atom stereocenters. The van der Waals surface area contributed by atoms with Crippen molar-refractivity contribution < 1.29 is 17.6 Å². The fraction of sp³-hybridized carbons (Fsp3) is 0.381. The normalized spacial score (nSPS) is 16.2. The van der Waals surface area contributed by atoms with E-state index in [4.69, 9.17) is 0 Å². The summed E-state index contributed by atoms with van der Waals surface area (Å²) in [6.07, 6.45) is 4.23. The van der Waals surface area contributed by atoms with Crippen molar-refractivity contribution in [2.45, 2.75) is 36.0 Å². The number of benzene rings is 2. The molecule has 2 aromatic rings. The van der Waals surface area contributed by atoms with E-state index in [1.54, 1.807) is 0 Å². The predicted molar refractivity (Wildman–Crippen MR) is 106 cm³/mol. The molecule has 0 aromatic heterocycles. The molecule has 0 aliphatic heterocycles. The first-order chi connectivity index (χ1) is 13.3. The number of nitrogens with zero attached hydrogens (tertiary/aromatic N) is 1. The Hall–Kier alpha value is -2.25. The molecule has 5 nitrogen and oxygen atoms in total. The number of carbonyl (C=O) groups excluding carboxylic acids is 1. The predicted octanol–water partition coefficient (Wildman–Crippen LogP) is 3.07. The average Bonchev–Trinajstić information content (AvgIpc) is 3.18. The molecule has 28 heavy (non-hydrogen) atoms. The molecule has 3 rings (SSSR count). The summed E-state index contributed by atoms with van der Waals surface area (Å²) in [6, 6.07) is 14.7. The zero-order valence-electron chi connectivity index (χ0n) is 15.9. The lowest BCUT2D eigenvalue weighted by Gasteiger charge is -2.30. The SMILES string of the molecule is CN(CC(=O)NCC1(c2ccccc2)CCCC1)S(=O)(=O)c1ccc(F)cc1. The van der Waals surface area contributed by atoms with E-state index < -0.39 is 15.8 Å². The highest BCUT2D eigenvalue weighted by atomic mass is 32.2. The van der Waals surface area contributed by atoms with E-state index >= 15 is 0 Å². The second-order valence-corrected chi connectivity index (χ2v) is 9.39. The van der Waals surface area contributed by atoms with Crippen LogP contribution in [-0.2, 0) is 20.2 Å². The fourth-order valence-electron chi connectivity index (χ4n) is 3.81. The van der Waals surface area contributed by atoms with Crippen molar-refractivity contribution in [3.63, 3.8) is 0 Å². The summed E-state index contributed by atoms with van der Waals surface area (Å²) in [5.74, 6) is -0.863. The van der Waals surface area contributed by atoms with E-state index in [-0.39, 0.29) is 22.8 Å². The number of hydrogen-bond acceptors (Lipinski definition) is 3. The molecule has 0 heterocycles. The number of sulfonamides is 1. The van der Waals surface area contributed by atoms with Gasteiger partial charge in [0.15, 0.2) is 0 Å². The third kappa shape index (κ3) is 4.42. The number of hydrogen-bond donors (Lipinski definition) is 1.